The summed E-state index contributed by atoms with van der Waals surface area (Å²) in [5, 5.41) is 2.13. The highest BCUT2D eigenvalue weighted by molar-refractivity contribution is 9.11. The Morgan fingerprint density at radius 1 is 0.875 bits per heavy atom. The van der Waals surface area contributed by atoms with E-state index >= 15 is 0 Å². The molecule has 3 rings (SSSR count). The highest BCUT2D eigenvalue weighted by Crippen LogP contribution is 2.36. The molecule has 80 valence electrons. The number of rotatable bonds is 0. The average Bonchev–Trinajstić information content (AvgIpc) is 2.68. The third-order valence-electron chi connectivity index (χ3n) is 2.57. The number of hydrogen-bond acceptors (Lipinski definition) is 1. The van der Waals surface area contributed by atoms with Crippen molar-refractivity contribution < 1.29 is 0 Å². The number of halogens is 2. The Labute approximate surface area is 107 Å². The zero-order valence-electron chi connectivity index (χ0n) is 7.97. The monoisotopic (exact) mass is 340 g/mol. The number of nitrogens with one attached hydrogen (secondary N) is 2. The first kappa shape index (κ1) is 10.1. The lowest BCUT2D eigenvalue weighted by Crippen LogP contribution is -1.99. The van der Waals surface area contributed by atoms with Gasteiger partial charge in [-0.1, -0.05) is 24.3 Å². The van der Waals surface area contributed by atoms with Gasteiger partial charge >= 0.3 is 5.69 Å². The van der Waals surface area contributed by atoms with Gasteiger partial charge in [0.05, 0.1) is 20.0 Å². The molecule has 0 unspecified atom stereocenters. The Hall–Kier alpha value is -1.07. The minimum Gasteiger partial charge on any atom is -0.305 e. The van der Waals surface area contributed by atoms with Crippen molar-refractivity contribution in [3.8, 4) is 0 Å². The minimum absolute atomic E-state index is 0.202. The average molecular weight is 342 g/mol. The van der Waals surface area contributed by atoms with Crippen molar-refractivity contribution in [1.82, 2.24) is 9.97 Å². The van der Waals surface area contributed by atoms with E-state index in [2.05, 4.69) is 41.8 Å². The van der Waals surface area contributed by atoms with Gasteiger partial charge in [-0.2, -0.15) is 0 Å². The van der Waals surface area contributed by atoms with Gasteiger partial charge in [-0.3, -0.25) is 0 Å². The van der Waals surface area contributed by atoms with Crippen molar-refractivity contribution in [3.05, 3.63) is 43.7 Å². The molecule has 2 aromatic carbocycles. The predicted octanol–water partition coefficient (Wildman–Crippen LogP) is 3.53. The van der Waals surface area contributed by atoms with Gasteiger partial charge < -0.3 is 9.97 Å². The van der Waals surface area contributed by atoms with Gasteiger partial charge in [-0.25, -0.2) is 4.79 Å². The van der Waals surface area contributed by atoms with E-state index in [1.807, 2.05) is 24.3 Å². The Morgan fingerprint density at radius 3 is 1.75 bits per heavy atom. The van der Waals surface area contributed by atoms with E-state index in [4.69, 9.17) is 0 Å². The third-order valence-corrected chi connectivity index (χ3v) is 4.21. The van der Waals surface area contributed by atoms with Crippen LogP contribution in [0.1, 0.15) is 0 Å². The lowest BCUT2D eigenvalue weighted by atomic mass is 10.1. The molecule has 0 saturated heterocycles. The number of benzene rings is 2. The summed E-state index contributed by atoms with van der Waals surface area (Å²) in [4.78, 5) is 16.9. The van der Waals surface area contributed by atoms with Crippen molar-refractivity contribution in [2.75, 3.05) is 0 Å². The second kappa shape index (κ2) is 3.46. The van der Waals surface area contributed by atoms with Crippen LogP contribution in [-0.2, 0) is 0 Å². The molecule has 5 heteroatoms. The summed E-state index contributed by atoms with van der Waals surface area (Å²) in [5.41, 5.74) is 1.37. The molecule has 3 nitrogen and oxygen atoms in total. The second-order valence-electron chi connectivity index (χ2n) is 3.50. The number of H-pyrrole nitrogens is 2. The Kier molecular flexibility index (Phi) is 2.19. The van der Waals surface area contributed by atoms with Crippen LogP contribution < -0.4 is 5.69 Å². The molecule has 1 aromatic heterocycles. The summed E-state index contributed by atoms with van der Waals surface area (Å²) < 4.78 is 1.80. The van der Waals surface area contributed by atoms with E-state index in [1.54, 1.807) is 0 Å². The summed E-state index contributed by atoms with van der Waals surface area (Å²) in [5.74, 6) is 0. The zero-order chi connectivity index (χ0) is 11.3. The van der Waals surface area contributed by atoms with Crippen molar-refractivity contribution >= 4 is 53.7 Å². The van der Waals surface area contributed by atoms with Crippen LogP contribution in [0, 0.1) is 0 Å². The van der Waals surface area contributed by atoms with Crippen molar-refractivity contribution in [2.24, 2.45) is 0 Å². The van der Waals surface area contributed by atoms with Crippen molar-refractivity contribution in [3.63, 3.8) is 0 Å². The molecule has 16 heavy (non-hydrogen) atoms. The summed E-state index contributed by atoms with van der Waals surface area (Å²) in [7, 11) is 0. The molecule has 0 aliphatic rings. The first-order valence-electron chi connectivity index (χ1n) is 4.66. The molecule has 0 aliphatic carbocycles. The van der Waals surface area contributed by atoms with E-state index in [9.17, 15) is 4.79 Å². The highest BCUT2D eigenvalue weighted by atomic mass is 79.9. The molecule has 0 radical (unpaired) electrons. The number of aromatic nitrogens is 2. The second-order valence-corrected chi connectivity index (χ2v) is 5.09. The first-order valence-corrected chi connectivity index (χ1v) is 6.25. The van der Waals surface area contributed by atoms with Crippen LogP contribution >= 0.6 is 31.9 Å². The zero-order valence-corrected chi connectivity index (χ0v) is 11.1. The fourth-order valence-electron chi connectivity index (χ4n) is 1.85. The van der Waals surface area contributed by atoms with Gasteiger partial charge in [0.1, 0.15) is 0 Å². The fraction of sp³-hybridized carbons (Fsp3) is 0. The van der Waals surface area contributed by atoms with E-state index in [-0.39, 0.29) is 5.69 Å². The predicted molar refractivity (Wildman–Crippen MR) is 71.8 cm³/mol. The molecule has 0 amide bonds. The van der Waals surface area contributed by atoms with Crippen LogP contribution in [0.3, 0.4) is 0 Å². The van der Waals surface area contributed by atoms with Gasteiger partial charge in [-0.15, -0.1) is 0 Å². The molecule has 0 bridgehead atoms. The lowest BCUT2D eigenvalue weighted by Gasteiger charge is -2.04. The van der Waals surface area contributed by atoms with Crippen LogP contribution in [-0.4, -0.2) is 9.97 Å². The van der Waals surface area contributed by atoms with Crippen LogP contribution in [0.5, 0.6) is 0 Å². The maximum Gasteiger partial charge on any atom is 0.323 e. The maximum atomic E-state index is 11.3. The van der Waals surface area contributed by atoms with Crippen LogP contribution in [0.25, 0.3) is 21.8 Å². The van der Waals surface area contributed by atoms with Gasteiger partial charge in [0.25, 0.3) is 0 Å². The first-order chi connectivity index (χ1) is 7.68. The van der Waals surface area contributed by atoms with Gasteiger partial charge in [-0.05, 0) is 42.6 Å². The fourth-order valence-corrected chi connectivity index (χ4v) is 3.13. The van der Waals surface area contributed by atoms with Gasteiger partial charge in [0.15, 0.2) is 0 Å². The molecular weight excluding hydrogens is 336 g/mol. The summed E-state index contributed by atoms with van der Waals surface area (Å²) >= 11 is 7.04. The number of aromatic amines is 2. The molecule has 3 aromatic rings. The van der Waals surface area contributed by atoms with Crippen molar-refractivity contribution in [2.45, 2.75) is 0 Å². The number of hydrogen-bond donors (Lipinski definition) is 2. The molecule has 0 atom stereocenters. The molecule has 0 aliphatic heterocycles. The summed E-state index contributed by atoms with van der Waals surface area (Å²) in [6.45, 7) is 0. The summed E-state index contributed by atoms with van der Waals surface area (Å²) in [6, 6.07) is 7.95. The minimum atomic E-state index is -0.202. The van der Waals surface area contributed by atoms with Crippen molar-refractivity contribution in [1.29, 1.82) is 0 Å². The molecule has 0 saturated carbocycles. The smallest absolute Gasteiger partial charge is 0.305 e. The number of imidazole rings is 1. The quantitative estimate of drug-likeness (QED) is 0.645. The maximum absolute atomic E-state index is 11.3. The third kappa shape index (κ3) is 1.28. The highest BCUT2D eigenvalue weighted by Gasteiger charge is 2.12. The molecule has 1 heterocycles. The standard InChI is InChI=1S/C11H6Br2N2O/c12-7-5-3-1-2-4-6(5)8(13)10-9(7)14-11(16)15-10/h1-4H,(H2,14,15,16). The van der Waals surface area contributed by atoms with Crippen LogP contribution in [0.4, 0.5) is 0 Å². The van der Waals surface area contributed by atoms with E-state index < -0.39 is 0 Å². The van der Waals surface area contributed by atoms with Crippen LogP contribution in [0.15, 0.2) is 38.0 Å². The lowest BCUT2D eigenvalue weighted by molar-refractivity contribution is 1.21. The molecule has 2 N–H and O–H groups in total. The molecule has 0 fully saturated rings. The normalized spacial score (nSPS) is 11.4. The van der Waals surface area contributed by atoms with Gasteiger partial charge in [0.2, 0.25) is 0 Å². The SMILES string of the molecule is O=c1[nH]c2c(Br)c3ccccc3c(Br)c2[nH]1. The Morgan fingerprint density at radius 2 is 1.31 bits per heavy atom. The Balaban J connectivity index is 2.71. The van der Waals surface area contributed by atoms with Gasteiger partial charge in [0, 0.05) is 0 Å². The Bertz CT molecular complexity index is 696. The number of fused-ring (bicyclic) bond motifs is 2. The van der Waals surface area contributed by atoms with E-state index in [0.29, 0.717) is 0 Å². The summed E-state index contributed by atoms with van der Waals surface area (Å²) in [6.07, 6.45) is 0. The largest absolute Gasteiger partial charge is 0.323 e. The molecule has 0 spiro atoms. The van der Waals surface area contributed by atoms with Crippen LogP contribution in [0.2, 0.25) is 0 Å². The van der Waals surface area contributed by atoms with E-state index in [1.165, 1.54) is 0 Å². The van der Waals surface area contributed by atoms with E-state index in [0.717, 1.165) is 30.8 Å². The topological polar surface area (TPSA) is 48.6 Å². The molecular formula is C11H6Br2N2O.